The normalized spacial score (nSPS) is 21.1. The molecule has 0 saturated carbocycles. The van der Waals surface area contributed by atoms with Gasteiger partial charge in [0.05, 0.1) is 35.3 Å². The molecule has 11 nitrogen and oxygen atoms in total. The Morgan fingerprint density at radius 2 is 1.76 bits per heavy atom. The predicted molar refractivity (Wildman–Crippen MR) is 188 cm³/mol. The molecule has 0 aromatic heterocycles. The minimum absolute atomic E-state index is 0.0343. The van der Waals surface area contributed by atoms with E-state index >= 15 is 0 Å². The highest BCUT2D eigenvalue weighted by molar-refractivity contribution is 7.92. The van der Waals surface area contributed by atoms with E-state index in [-0.39, 0.29) is 53.6 Å². The standard InChI is InChI=1S/C36H46ClN3O8S/c1-24-19-40(25(2)22-41)36(42)31-18-29(38-49(43,44)30-12-9-28(37)10-13-30)11-15-32(31)48-26(3)7-5-6-16-45-35(24)21-39(4)20-27-8-14-33-34(17-27)47-23-46-33/h8-15,17-18,24-26,35,38,41H,5-7,16,19-23H2,1-4H3/t24-,25+,26+,35-/m1/s1. The fourth-order valence-electron chi connectivity index (χ4n) is 6.00. The molecule has 0 radical (unpaired) electrons. The van der Waals surface area contributed by atoms with E-state index in [1.165, 1.54) is 30.3 Å². The molecule has 0 spiro atoms. The van der Waals surface area contributed by atoms with Gasteiger partial charge in [-0.3, -0.25) is 14.4 Å². The van der Waals surface area contributed by atoms with Crippen LogP contribution >= 0.6 is 11.6 Å². The Bertz CT molecular complexity index is 1690. The van der Waals surface area contributed by atoms with Crippen LogP contribution in [0, 0.1) is 5.92 Å². The van der Waals surface area contributed by atoms with Crippen molar-refractivity contribution in [3.63, 3.8) is 0 Å². The molecule has 0 fully saturated rings. The lowest BCUT2D eigenvalue weighted by atomic mass is 10.0. The van der Waals surface area contributed by atoms with Crippen molar-refractivity contribution < 1.29 is 37.3 Å². The second kappa shape index (κ2) is 16.4. The van der Waals surface area contributed by atoms with Gasteiger partial charge in [0.15, 0.2) is 11.5 Å². The number of nitrogens with one attached hydrogen (secondary N) is 1. The number of likely N-dealkylation sites (N-methyl/N-ethyl adjacent to an activating group) is 1. The highest BCUT2D eigenvalue weighted by Gasteiger charge is 2.31. The summed E-state index contributed by atoms with van der Waals surface area (Å²) in [4.78, 5) is 18.3. The number of hydrogen-bond acceptors (Lipinski definition) is 9. The van der Waals surface area contributed by atoms with Crippen LogP contribution < -0.4 is 18.9 Å². The molecule has 3 aromatic rings. The second-order valence-corrected chi connectivity index (χ2v) is 15.1. The molecule has 266 valence electrons. The lowest BCUT2D eigenvalue weighted by Gasteiger charge is -2.36. The molecule has 2 aliphatic heterocycles. The summed E-state index contributed by atoms with van der Waals surface area (Å²) in [6.07, 6.45) is 2.02. The van der Waals surface area contributed by atoms with Gasteiger partial charge in [0.25, 0.3) is 15.9 Å². The third kappa shape index (κ3) is 9.58. The third-order valence-electron chi connectivity index (χ3n) is 8.81. The second-order valence-electron chi connectivity index (χ2n) is 13.0. The molecule has 0 bridgehead atoms. The zero-order valence-corrected chi connectivity index (χ0v) is 30.0. The smallest absolute Gasteiger partial charge is 0.261 e. The molecular weight excluding hydrogens is 670 g/mol. The lowest BCUT2D eigenvalue weighted by molar-refractivity contribution is -0.0177. The number of benzene rings is 3. The van der Waals surface area contributed by atoms with Crippen molar-refractivity contribution in [1.29, 1.82) is 0 Å². The average molecular weight is 716 g/mol. The lowest BCUT2D eigenvalue weighted by Crippen LogP contribution is -2.47. The molecule has 0 unspecified atom stereocenters. The molecule has 0 saturated heterocycles. The van der Waals surface area contributed by atoms with Crippen LogP contribution in [0.25, 0.3) is 0 Å². The molecule has 4 atom stereocenters. The van der Waals surface area contributed by atoms with Crippen molar-refractivity contribution in [2.75, 3.05) is 44.9 Å². The Morgan fingerprint density at radius 3 is 2.51 bits per heavy atom. The van der Waals surface area contributed by atoms with Crippen LogP contribution in [-0.2, 0) is 21.3 Å². The Kier molecular flexibility index (Phi) is 12.3. The van der Waals surface area contributed by atoms with Gasteiger partial charge in [0.2, 0.25) is 6.79 Å². The van der Waals surface area contributed by atoms with Crippen molar-refractivity contribution in [2.45, 2.75) is 69.7 Å². The monoisotopic (exact) mass is 715 g/mol. The molecule has 1 amide bonds. The number of fused-ring (bicyclic) bond motifs is 2. The quantitative estimate of drug-likeness (QED) is 0.283. The van der Waals surface area contributed by atoms with Crippen LogP contribution in [-0.4, -0.2) is 87.6 Å². The minimum Gasteiger partial charge on any atom is -0.490 e. The summed E-state index contributed by atoms with van der Waals surface area (Å²) in [5, 5.41) is 10.7. The molecule has 2 aliphatic rings. The molecule has 13 heteroatoms. The molecule has 2 N–H and O–H groups in total. The summed E-state index contributed by atoms with van der Waals surface area (Å²) in [5.41, 5.74) is 1.49. The van der Waals surface area contributed by atoms with Crippen LogP contribution in [0.3, 0.4) is 0 Å². The van der Waals surface area contributed by atoms with Crippen molar-refractivity contribution in [3.8, 4) is 17.2 Å². The first-order valence-corrected chi connectivity index (χ1v) is 18.5. The summed E-state index contributed by atoms with van der Waals surface area (Å²) in [6, 6.07) is 15.9. The fourth-order valence-corrected chi connectivity index (χ4v) is 7.17. The number of nitrogens with zero attached hydrogens (tertiary/aromatic N) is 2. The summed E-state index contributed by atoms with van der Waals surface area (Å²) in [6.45, 7) is 7.87. The number of sulfonamides is 1. The van der Waals surface area contributed by atoms with Crippen molar-refractivity contribution >= 4 is 33.2 Å². The summed E-state index contributed by atoms with van der Waals surface area (Å²) >= 11 is 5.96. The maximum absolute atomic E-state index is 14.4. The number of aliphatic hydroxyl groups excluding tert-OH is 1. The summed E-state index contributed by atoms with van der Waals surface area (Å²) < 4.78 is 52.8. The maximum Gasteiger partial charge on any atom is 0.261 e. The average Bonchev–Trinajstić information content (AvgIpc) is 3.54. The van der Waals surface area contributed by atoms with Gasteiger partial charge in [-0.1, -0.05) is 24.6 Å². The first kappa shape index (κ1) is 36.7. The highest BCUT2D eigenvalue weighted by Crippen LogP contribution is 2.33. The van der Waals surface area contributed by atoms with Crippen molar-refractivity contribution in [3.05, 3.63) is 76.8 Å². The number of amides is 1. The third-order valence-corrected chi connectivity index (χ3v) is 10.5. The van der Waals surface area contributed by atoms with E-state index in [0.29, 0.717) is 37.0 Å². The first-order chi connectivity index (χ1) is 23.4. The van der Waals surface area contributed by atoms with Gasteiger partial charge in [0.1, 0.15) is 5.75 Å². The van der Waals surface area contributed by atoms with E-state index in [1.807, 2.05) is 39.1 Å². The fraction of sp³-hybridized carbons (Fsp3) is 0.472. The predicted octanol–water partition coefficient (Wildman–Crippen LogP) is 5.80. The van der Waals surface area contributed by atoms with E-state index in [4.69, 9.17) is 30.5 Å². The number of anilines is 1. The van der Waals surface area contributed by atoms with Crippen LogP contribution in [0.2, 0.25) is 5.02 Å². The Balaban J connectivity index is 1.40. The first-order valence-electron chi connectivity index (χ1n) is 16.6. The van der Waals surface area contributed by atoms with Gasteiger partial charge in [-0.25, -0.2) is 8.42 Å². The number of aliphatic hydroxyl groups is 1. The number of carbonyl (C=O) groups is 1. The van der Waals surface area contributed by atoms with Crippen LogP contribution in [0.5, 0.6) is 17.2 Å². The Labute approximate surface area is 294 Å². The minimum atomic E-state index is -3.97. The zero-order chi connectivity index (χ0) is 35.1. The maximum atomic E-state index is 14.4. The van der Waals surface area contributed by atoms with Gasteiger partial charge < -0.3 is 29.0 Å². The van der Waals surface area contributed by atoms with Crippen molar-refractivity contribution in [2.24, 2.45) is 5.92 Å². The van der Waals surface area contributed by atoms with Gasteiger partial charge in [-0.05, 0) is 100 Å². The van der Waals surface area contributed by atoms with E-state index in [2.05, 4.69) is 9.62 Å². The SMILES string of the molecule is C[C@@H]1CN([C@@H](C)CO)C(=O)c2cc(NS(=O)(=O)c3ccc(Cl)cc3)ccc2O[C@@H](C)CCCCO[C@@H]1CN(C)Cc1ccc2c(c1)OCO2. The van der Waals surface area contributed by atoms with Crippen LogP contribution in [0.1, 0.15) is 56.0 Å². The number of ether oxygens (including phenoxy) is 4. The van der Waals surface area contributed by atoms with Crippen LogP contribution in [0.4, 0.5) is 5.69 Å². The number of rotatable bonds is 9. The largest absolute Gasteiger partial charge is 0.490 e. The topological polar surface area (TPSA) is 127 Å². The van der Waals surface area contributed by atoms with E-state index in [1.54, 1.807) is 24.0 Å². The molecule has 2 heterocycles. The summed E-state index contributed by atoms with van der Waals surface area (Å²) in [5.74, 6) is 1.33. The van der Waals surface area contributed by atoms with Gasteiger partial charge >= 0.3 is 0 Å². The van der Waals surface area contributed by atoms with E-state index in [9.17, 15) is 18.3 Å². The number of halogens is 1. The Hall–Kier alpha value is -3.55. The van der Waals surface area contributed by atoms with Gasteiger partial charge in [-0.2, -0.15) is 0 Å². The molecule has 49 heavy (non-hydrogen) atoms. The van der Waals surface area contributed by atoms with Crippen LogP contribution in [0.15, 0.2) is 65.6 Å². The number of carbonyl (C=O) groups excluding carboxylic acids is 1. The number of hydrogen-bond donors (Lipinski definition) is 2. The van der Waals surface area contributed by atoms with Gasteiger partial charge in [-0.15, -0.1) is 0 Å². The van der Waals surface area contributed by atoms with E-state index < -0.39 is 16.1 Å². The molecule has 5 rings (SSSR count). The molecule has 0 aliphatic carbocycles. The Morgan fingerprint density at radius 1 is 1.02 bits per heavy atom. The highest BCUT2D eigenvalue weighted by atomic mass is 35.5. The zero-order valence-electron chi connectivity index (χ0n) is 28.4. The summed E-state index contributed by atoms with van der Waals surface area (Å²) in [7, 11) is -1.94. The van der Waals surface area contributed by atoms with Gasteiger partial charge in [0, 0.05) is 42.9 Å². The molecular formula is C36H46ClN3O8S. The van der Waals surface area contributed by atoms with Crippen molar-refractivity contribution in [1.82, 2.24) is 9.80 Å². The molecule has 3 aromatic carbocycles. The van der Waals surface area contributed by atoms with E-state index in [0.717, 1.165) is 36.3 Å².